The lowest BCUT2D eigenvalue weighted by Gasteiger charge is -2.35. The van der Waals surface area contributed by atoms with Gasteiger partial charge in [-0.25, -0.2) is 8.42 Å². The Morgan fingerprint density at radius 2 is 1.85 bits per heavy atom. The first-order valence-corrected chi connectivity index (χ1v) is 11.2. The van der Waals surface area contributed by atoms with E-state index in [4.69, 9.17) is 0 Å². The fraction of sp³-hybridized carbons (Fsp3) is 0.476. The van der Waals surface area contributed by atoms with Crippen molar-refractivity contribution in [2.24, 2.45) is 5.92 Å². The minimum absolute atomic E-state index is 0.0747. The standard InChI is InChI=1S/C21H27N3O2S/c25-27(26,21-9-4-12-22-14-21)24-16-19-10-11-20(24)17-23(15-19)13-5-8-18-6-2-1-3-7-18/h1-4,6-7,9,12,14,19-20H,5,8,10-11,13,15-17H2/t19-,20+/m0/s1. The number of fused-ring (bicyclic) bond motifs is 4. The average molecular weight is 386 g/mol. The molecule has 4 heterocycles. The van der Waals surface area contributed by atoms with E-state index in [1.807, 2.05) is 6.07 Å². The lowest BCUT2D eigenvalue weighted by atomic mass is 9.97. The zero-order chi connectivity index (χ0) is 18.7. The Hall–Kier alpha value is -1.76. The molecule has 0 aliphatic carbocycles. The van der Waals surface area contributed by atoms with Gasteiger partial charge < -0.3 is 4.90 Å². The quantitative estimate of drug-likeness (QED) is 0.767. The highest BCUT2D eigenvalue weighted by Crippen LogP contribution is 2.32. The average Bonchev–Trinajstić information content (AvgIpc) is 3.01. The Labute approximate surface area is 162 Å². The van der Waals surface area contributed by atoms with Crippen molar-refractivity contribution in [2.45, 2.75) is 36.6 Å². The van der Waals surface area contributed by atoms with Gasteiger partial charge in [-0.2, -0.15) is 4.31 Å². The van der Waals surface area contributed by atoms with Crippen molar-refractivity contribution in [1.29, 1.82) is 0 Å². The third-order valence-electron chi connectivity index (χ3n) is 5.76. The molecule has 5 nitrogen and oxygen atoms in total. The normalized spacial score (nSPS) is 24.0. The summed E-state index contributed by atoms with van der Waals surface area (Å²) in [5.74, 6) is 0.423. The number of hydrogen-bond acceptors (Lipinski definition) is 4. The van der Waals surface area contributed by atoms with Gasteiger partial charge in [-0.05, 0) is 55.8 Å². The molecule has 0 unspecified atom stereocenters. The number of nitrogens with zero attached hydrogens (tertiary/aromatic N) is 3. The summed E-state index contributed by atoms with van der Waals surface area (Å²) in [5, 5.41) is 0. The molecule has 3 saturated heterocycles. The Bertz CT molecular complexity index is 842. The van der Waals surface area contributed by atoms with Crippen molar-refractivity contribution in [3.63, 3.8) is 0 Å². The molecule has 2 aromatic rings. The number of aryl methyl sites for hydroxylation is 1. The van der Waals surface area contributed by atoms with Gasteiger partial charge >= 0.3 is 0 Å². The summed E-state index contributed by atoms with van der Waals surface area (Å²) in [4.78, 5) is 6.79. The van der Waals surface area contributed by atoms with Crippen LogP contribution in [-0.4, -0.2) is 54.8 Å². The lowest BCUT2D eigenvalue weighted by Crippen LogP contribution is -2.47. The predicted molar refractivity (Wildman–Crippen MR) is 106 cm³/mol. The van der Waals surface area contributed by atoms with E-state index in [-0.39, 0.29) is 6.04 Å². The molecule has 27 heavy (non-hydrogen) atoms. The number of benzene rings is 1. The molecule has 0 saturated carbocycles. The van der Waals surface area contributed by atoms with Crippen molar-refractivity contribution in [1.82, 2.24) is 14.2 Å². The summed E-state index contributed by atoms with van der Waals surface area (Å²) in [5.41, 5.74) is 1.37. The molecular formula is C21H27N3O2S. The zero-order valence-electron chi connectivity index (χ0n) is 15.6. The number of aromatic nitrogens is 1. The monoisotopic (exact) mass is 385 g/mol. The van der Waals surface area contributed by atoms with Crippen LogP contribution < -0.4 is 0 Å². The van der Waals surface area contributed by atoms with Crippen LogP contribution in [0.25, 0.3) is 0 Å². The summed E-state index contributed by atoms with van der Waals surface area (Å²) >= 11 is 0. The molecule has 144 valence electrons. The van der Waals surface area contributed by atoms with E-state index in [0.29, 0.717) is 17.4 Å². The van der Waals surface area contributed by atoms with Crippen LogP contribution in [0.5, 0.6) is 0 Å². The van der Waals surface area contributed by atoms with Crippen LogP contribution in [-0.2, 0) is 16.4 Å². The molecule has 0 radical (unpaired) electrons. The summed E-state index contributed by atoms with van der Waals surface area (Å²) in [7, 11) is -3.46. The molecule has 1 aromatic carbocycles. The van der Waals surface area contributed by atoms with Crippen molar-refractivity contribution in [2.75, 3.05) is 26.2 Å². The van der Waals surface area contributed by atoms with Crippen LogP contribution in [0.1, 0.15) is 24.8 Å². The van der Waals surface area contributed by atoms with E-state index in [1.54, 1.807) is 22.6 Å². The fourth-order valence-electron chi connectivity index (χ4n) is 4.40. The largest absolute Gasteiger partial charge is 0.301 e. The number of rotatable bonds is 6. The first-order chi connectivity index (χ1) is 13.1. The minimum atomic E-state index is -3.46. The Morgan fingerprint density at radius 3 is 2.63 bits per heavy atom. The van der Waals surface area contributed by atoms with Gasteiger partial charge in [-0.3, -0.25) is 4.98 Å². The third kappa shape index (κ3) is 4.23. The molecule has 3 fully saturated rings. The molecule has 3 aliphatic rings. The fourth-order valence-corrected chi connectivity index (χ4v) is 6.09. The van der Waals surface area contributed by atoms with Crippen LogP contribution in [0.4, 0.5) is 0 Å². The highest BCUT2D eigenvalue weighted by molar-refractivity contribution is 7.89. The van der Waals surface area contributed by atoms with Gasteiger partial charge in [0, 0.05) is 38.1 Å². The van der Waals surface area contributed by atoms with Gasteiger partial charge in [0.1, 0.15) is 4.90 Å². The van der Waals surface area contributed by atoms with Gasteiger partial charge in [-0.15, -0.1) is 0 Å². The maximum atomic E-state index is 13.1. The maximum absolute atomic E-state index is 13.1. The second kappa shape index (κ2) is 8.09. The summed E-state index contributed by atoms with van der Waals surface area (Å²) in [6, 6.07) is 14.0. The van der Waals surface area contributed by atoms with Gasteiger partial charge in [0.05, 0.1) is 0 Å². The Morgan fingerprint density at radius 1 is 1.00 bits per heavy atom. The molecule has 0 spiro atoms. The zero-order valence-corrected chi connectivity index (χ0v) is 16.4. The topological polar surface area (TPSA) is 53.5 Å². The van der Waals surface area contributed by atoms with Crippen molar-refractivity contribution in [3.05, 3.63) is 60.4 Å². The smallest absolute Gasteiger partial charge is 0.244 e. The van der Waals surface area contributed by atoms with Crippen LogP contribution >= 0.6 is 0 Å². The Kier molecular flexibility index (Phi) is 5.57. The first kappa shape index (κ1) is 18.6. The molecule has 0 N–H and O–H groups in total. The first-order valence-electron chi connectivity index (χ1n) is 9.81. The second-order valence-electron chi connectivity index (χ2n) is 7.71. The molecule has 2 atom stereocenters. The predicted octanol–water partition coefficient (Wildman–Crippen LogP) is 2.80. The molecule has 6 heteroatoms. The van der Waals surface area contributed by atoms with Crippen LogP contribution in [0.3, 0.4) is 0 Å². The van der Waals surface area contributed by atoms with Crippen LogP contribution in [0.2, 0.25) is 0 Å². The van der Waals surface area contributed by atoms with E-state index in [9.17, 15) is 8.42 Å². The van der Waals surface area contributed by atoms with E-state index < -0.39 is 10.0 Å². The molecule has 1 aromatic heterocycles. The number of sulfonamides is 1. The highest BCUT2D eigenvalue weighted by Gasteiger charge is 2.41. The SMILES string of the molecule is O=S(=O)(c1cccnc1)N1C[C@H]2CC[C@@H]1CN(CCCc1ccccc1)C2. The van der Waals surface area contributed by atoms with Crippen LogP contribution in [0.15, 0.2) is 59.8 Å². The third-order valence-corrected chi connectivity index (χ3v) is 7.66. The molecule has 2 bridgehead atoms. The molecular weight excluding hydrogens is 358 g/mol. The van der Waals surface area contributed by atoms with Crippen molar-refractivity contribution in [3.8, 4) is 0 Å². The van der Waals surface area contributed by atoms with E-state index in [1.165, 1.54) is 11.8 Å². The molecule has 5 rings (SSSR count). The summed E-state index contributed by atoms with van der Waals surface area (Å²) in [6.45, 7) is 3.51. The van der Waals surface area contributed by atoms with Gasteiger partial charge in [0.15, 0.2) is 0 Å². The van der Waals surface area contributed by atoms with E-state index in [0.717, 1.165) is 45.3 Å². The van der Waals surface area contributed by atoms with Crippen molar-refractivity contribution >= 4 is 10.0 Å². The van der Waals surface area contributed by atoms with E-state index in [2.05, 4.69) is 34.1 Å². The number of pyridine rings is 1. The van der Waals surface area contributed by atoms with Gasteiger partial charge in [0.25, 0.3) is 0 Å². The van der Waals surface area contributed by atoms with E-state index >= 15 is 0 Å². The minimum Gasteiger partial charge on any atom is -0.301 e. The maximum Gasteiger partial charge on any atom is 0.244 e. The Balaban J connectivity index is 1.41. The lowest BCUT2D eigenvalue weighted by molar-refractivity contribution is 0.226. The van der Waals surface area contributed by atoms with Gasteiger partial charge in [0.2, 0.25) is 10.0 Å². The molecule has 3 aliphatic heterocycles. The summed E-state index contributed by atoms with van der Waals surface area (Å²) < 4.78 is 28.0. The molecule has 0 amide bonds. The number of hydrogen-bond donors (Lipinski definition) is 0. The highest BCUT2D eigenvalue weighted by atomic mass is 32.2. The number of piperidine rings is 1. The van der Waals surface area contributed by atoms with Crippen LogP contribution in [0, 0.1) is 5.92 Å². The van der Waals surface area contributed by atoms with Gasteiger partial charge in [-0.1, -0.05) is 30.3 Å². The summed E-state index contributed by atoms with van der Waals surface area (Å²) in [6.07, 6.45) is 7.34. The second-order valence-corrected chi connectivity index (χ2v) is 9.60. The van der Waals surface area contributed by atoms with Crippen molar-refractivity contribution < 1.29 is 8.42 Å².